The number of ether oxygens (including phenoxy) is 2. The normalized spacial score (nSPS) is 10.7. The summed E-state index contributed by atoms with van der Waals surface area (Å²) in [5, 5.41) is 0.707. The summed E-state index contributed by atoms with van der Waals surface area (Å²) < 4.78 is 10.9. The lowest BCUT2D eigenvalue weighted by atomic mass is 10.1. The van der Waals surface area contributed by atoms with Crippen LogP contribution in [0.5, 0.6) is 11.5 Å². The van der Waals surface area contributed by atoms with Gasteiger partial charge in [-0.25, -0.2) is 0 Å². The van der Waals surface area contributed by atoms with Crippen LogP contribution in [-0.2, 0) is 6.61 Å². The average Bonchev–Trinajstić information content (AvgIpc) is 2.72. The molecule has 0 unspecified atom stereocenters. The van der Waals surface area contributed by atoms with Gasteiger partial charge >= 0.3 is 0 Å². The zero-order valence-electron chi connectivity index (χ0n) is 14.9. The summed E-state index contributed by atoms with van der Waals surface area (Å²) in [6, 6.07) is 22.2. The van der Waals surface area contributed by atoms with Crippen molar-refractivity contribution in [1.29, 1.82) is 0 Å². The van der Waals surface area contributed by atoms with Crippen LogP contribution in [0.3, 0.4) is 0 Å². The molecule has 0 aliphatic heterocycles. The predicted molar refractivity (Wildman–Crippen MR) is 109 cm³/mol. The summed E-state index contributed by atoms with van der Waals surface area (Å²) in [5.41, 5.74) is 2.60. The molecule has 3 aromatic rings. The lowest BCUT2D eigenvalue weighted by Crippen LogP contribution is -1.95. The number of halogens is 1. The Bertz CT molecular complexity index is 911. The number of carbonyl (C=O) groups excluding carboxylic acids is 1. The van der Waals surface area contributed by atoms with E-state index in [1.54, 1.807) is 43.5 Å². The molecule has 0 spiro atoms. The molecule has 136 valence electrons. The summed E-state index contributed by atoms with van der Waals surface area (Å²) in [5.74, 6) is 1.44. The van der Waals surface area contributed by atoms with Gasteiger partial charge in [0.1, 0.15) is 18.1 Å². The van der Waals surface area contributed by atoms with E-state index in [0.29, 0.717) is 17.2 Å². The minimum absolute atomic E-state index is 0.0549. The van der Waals surface area contributed by atoms with Crippen LogP contribution in [0.4, 0.5) is 0 Å². The Morgan fingerprint density at radius 3 is 2.15 bits per heavy atom. The second kappa shape index (κ2) is 9.06. The van der Waals surface area contributed by atoms with E-state index in [2.05, 4.69) is 0 Å². The van der Waals surface area contributed by atoms with Gasteiger partial charge in [0.25, 0.3) is 0 Å². The summed E-state index contributed by atoms with van der Waals surface area (Å²) >= 11 is 5.87. The van der Waals surface area contributed by atoms with Crippen molar-refractivity contribution in [2.45, 2.75) is 6.61 Å². The Labute approximate surface area is 163 Å². The lowest BCUT2D eigenvalue weighted by Gasteiger charge is -2.06. The van der Waals surface area contributed by atoms with Crippen molar-refractivity contribution in [2.75, 3.05) is 7.11 Å². The molecule has 0 bridgehead atoms. The van der Waals surface area contributed by atoms with Gasteiger partial charge in [0.05, 0.1) is 7.11 Å². The number of allylic oxidation sites excluding steroid dienone is 1. The Morgan fingerprint density at radius 1 is 0.889 bits per heavy atom. The number of benzene rings is 3. The Balaban J connectivity index is 1.56. The first-order valence-electron chi connectivity index (χ1n) is 8.48. The first-order chi connectivity index (χ1) is 13.1. The van der Waals surface area contributed by atoms with Crippen LogP contribution < -0.4 is 9.47 Å². The Morgan fingerprint density at radius 2 is 1.52 bits per heavy atom. The maximum atomic E-state index is 12.2. The summed E-state index contributed by atoms with van der Waals surface area (Å²) in [6.45, 7) is 0.475. The van der Waals surface area contributed by atoms with E-state index in [9.17, 15) is 4.79 Å². The number of methoxy groups -OCH3 is 1. The molecule has 3 aromatic carbocycles. The fraction of sp³-hybridized carbons (Fsp3) is 0.0870. The van der Waals surface area contributed by atoms with Crippen LogP contribution in [-0.4, -0.2) is 12.9 Å². The van der Waals surface area contributed by atoms with Crippen molar-refractivity contribution in [3.8, 4) is 11.5 Å². The SMILES string of the molecule is COc1ccc(C(=O)C=Cc2ccc(OCc3ccc(Cl)cc3)cc2)cc1. The highest BCUT2D eigenvalue weighted by molar-refractivity contribution is 6.30. The van der Waals surface area contributed by atoms with E-state index < -0.39 is 0 Å². The molecule has 0 N–H and O–H groups in total. The second-order valence-electron chi connectivity index (χ2n) is 5.91. The van der Waals surface area contributed by atoms with Crippen LogP contribution in [0, 0.1) is 0 Å². The van der Waals surface area contributed by atoms with E-state index >= 15 is 0 Å². The van der Waals surface area contributed by atoms with Crippen LogP contribution >= 0.6 is 11.6 Å². The molecule has 0 aliphatic rings. The third-order valence-corrected chi connectivity index (χ3v) is 4.25. The van der Waals surface area contributed by atoms with Crippen molar-refractivity contribution < 1.29 is 14.3 Å². The van der Waals surface area contributed by atoms with E-state index in [-0.39, 0.29) is 5.78 Å². The van der Waals surface area contributed by atoms with Crippen LogP contribution in [0.25, 0.3) is 6.08 Å². The minimum atomic E-state index is -0.0549. The first kappa shape index (κ1) is 18.7. The summed E-state index contributed by atoms with van der Waals surface area (Å²) in [7, 11) is 1.60. The van der Waals surface area contributed by atoms with Crippen LogP contribution in [0.2, 0.25) is 5.02 Å². The summed E-state index contributed by atoms with van der Waals surface area (Å²) in [6.07, 6.45) is 3.35. The first-order valence-corrected chi connectivity index (χ1v) is 8.85. The van der Waals surface area contributed by atoms with Gasteiger partial charge in [-0.1, -0.05) is 41.9 Å². The summed E-state index contributed by atoms with van der Waals surface area (Å²) in [4.78, 5) is 12.2. The van der Waals surface area contributed by atoms with Crippen LogP contribution in [0.1, 0.15) is 21.5 Å². The maximum Gasteiger partial charge on any atom is 0.185 e. The fourth-order valence-corrected chi connectivity index (χ4v) is 2.57. The molecule has 3 nitrogen and oxygen atoms in total. The molecular formula is C23H19ClO3. The van der Waals surface area contributed by atoms with Gasteiger partial charge in [-0.15, -0.1) is 0 Å². The van der Waals surface area contributed by atoms with Crippen molar-refractivity contribution in [3.63, 3.8) is 0 Å². The number of carbonyl (C=O) groups is 1. The quantitative estimate of drug-likeness (QED) is 0.383. The smallest absolute Gasteiger partial charge is 0.185 e. The van der Waals surface area contributed by atoms with Crippen LogP contribution in [0.15, 0.2) is 78.9 Å². The van der Waals surface area contributed by atoms with E-state index in [4.69, 9.17) is 21.1 Å². The molecule has 0 fully saturated rings. The maximum absolute atomic E-state index is 12.2. The van der Waals surface area contributed by atoms with Gasteiger partial charge in [0, 0.05) is 10.6 Å². The zero-order valence-corrected chi connectivity index (χ0v) is 15.6. The zero-order chi connectivity index (χ0) is 19.1. The highest BCUT2D eigenvalue weighted by atomic mass is 35.5. The highest BCUT2D eigenvalue weighted by Crippen LogP contribution is 2.17. The number of rotatable bonds is 7. The standard InChI is InChI=1S/C23H19ClO3/c1-26-21-13-7-19(8-14-21)23(25)15-6-17-4-11-22(12-5-17)27-16-18-2-9-20(24)10-3-18/h2-15H,16H2,1H3. The third kappa shape index (κ3) is 5.47. The van der Waals surface area contributed by atoms with Gasteiger partial charge in [0.15, 0.2) is 5.78 Å². The molecule has 0 aliphatic carbocycles. The van der Waals surface area contributed by atoms with Gasteiger partial charge in [-0.05, 0) is 65.7 Å². The molecule has 3 rings (SSSR count). The van der Waals surface area contributed by atoms with Crippen molar-refractivity contribution in [2.24, 2.45) is 0 Å². The van der Waals surface area contributed by atoms with E-state index in [1.165, 1.54) is 0 Å². The molecule has 0 heterocycles. The van der Waals surface area contributed by atoms with Crippen molar-refractivity contribution >= 4 is 23.5 Å². The van der Waals surface area contributed by atoms with Crippen molar-refractivity contribution in [3.05, 3.63) is 101 Å². The molecule has 0 amide bonds. The molecular weight excluding hydrogens is 360 g/mol. The topological polar surface area (TPSA) is 35.5 Å². The number of hydrogen-bond acceptors (Lipinski definition) is 3. The average molecular weight is 379 g/mol. The molecule has 0 atom stereocenters. The highest BCUT2D eigenvalue weighted by Gasteiger charge is 2.02. The van der Waals surface area contributed by atoms with Gasteiger partial charge in [-0.2, -0.15) is 0 Å². The number of hydrogen-bond donors (Lipinski definition) is 0. The van der Waals surface area contributed by atoms with E-state index in [0.717, 1.165) is 22.6 Å². The molecule has 4 heteroatoms. The molecule has 0 saturated heterocycles. The number of ketones is 1. The second-order valence-corrected chi connectivity index (χ2v) is 6.35. The molecule has 0 saturated carbocycles. The largest absolute Gasteiger partial charge is 0.497 e. The fourth-order valence-electron chi connectivity index (χ4n) is 2.45. The Hall–Kier alpha value is -3.04. The van der Waals surface area contributed by atoms with Gasteiger partial charge < -0.3 is 9.47 Å². The molecule has 27 heavy (non-hydrogen) atoms. The van der Waals surface area contributed by atoms with Crippen molar-refractivity contribution in [1.82, 2.24) is 0 Å². The van der Waals surface area contributed by atoms with Gasteiger partial charge in [-0.3, -0.25) is 4.79 Å². The predicted octanol–water partition coefficient (Wildman–Crippen LogP) is 5.82. The minimum Gasteiger partial charge on any atom is -0.497 e. The lowest BCUT2D eigenvalue weighted by molar-refractivity contribution is 0.104. The monoisotopic (exact) mass is 378 g/mol. The molecule has 0 aromatic heterocycles. The third-order valence-electron chi connectivity index (χ3n) is 4.00. The van der Waals surface area contributed by atoms with E-state index in [1.807, 2.05) is 48.5 Å². The molecule has 0 radical (unpaired) electrons. The van der Waals surface area contributed by atoms with Gasteiger partial charge in [0.2, 0.25) is 0 Å². The Kier molecular flexibility index (Phi) is 6.29.